The van der Waals surface area contributed by atoms with Gasteiger partial charge in [-0.25, -0.2) is 0 Å². The smallest absolute Gasteiger partial charge is 0.172 e. The number of Topliss-reactive ketones (excluding diaryl/α,β-unsaturated/α-hetero) is 1. The number of phenolic OH excluding ortho intramolecular Hbond substituents is 1. The van der Waals surface area contributed by atoms with Gasteiger partial charge in [0.2, 0.25) is 0 Å². The molecule has 0 aliphatic carbocycles. The number of ketones is 1. The van der Waals surface area contributed by atoms with E-state index in [0.717, 1.165) is 0 Å². The van der Waals surface area contributed by atoms with Crippen LogP contribution in [0.3, 0.4) is 0 Å². The second-order valence-corrected chi connectivity index (χ2v) is 4.81. The van der Waals surface area contributed by atoms with Crippen LogP contribution in [0.2, 0.25) is 0 Å². The molecule has 0 spiro atoms. The van der Waals surface area contributed by atoms with Crippen LogP contribution in [0.15, 0.2) is 48.5 Å². The van der Waals surface area contributed by atoms with Crippen LogP contribution in [0, 0.1) is 5.92 Å². The fourth-order valence-electron chi connectivity index (χ4n) is 2.42. The fraction of sp³-hybridized carbons (Fsp3) is 0.188. The van der Waals surface area contributed by atoms with E-state index < -0.39 is 12.0 Å². The fourth-order valence-corrected chi connectivity index (χ4v) is 2.42. The Labute approximate surface area is 116 Å². The molecular weight excluding hydrogens is 256 g/mol. The molecule has 4 nitrogen and oxygen atoms in total. The van der Waals surface area contributed by atoms with Crippen molar-refractivity contribution < 1.29 is 19.7 Å². The molecule has 2 aromatic rings. The zero-order valence-corrected chi connectivity index (χ0v) is 10.7. The first-order valence-corrected chi connectivity index (χ1v) is 6.40. The number of aliphatic hydroxyl groups is 1. The molecule has 0 aromatic heterocycles. The number of hydrogen-bond acceptors (Lipinski definition) is 4. The van der Waals surface area contributed by atoms with Crippen molar-refractivity contribution in [3.63, 3.8) is 0 Å². The Morgan fingerprint density at radius 3 is 2.65 bits per heavy atom. The highest BCUT2D eigenvalue weighted by atomic mass is 16.5. The summed E-state index contributed by atoms with van der Waals surface area (Å²) in [4.78, 5) is 12.4. The van der Waals surface area contributed by atoms with E-state index in [2.05, 4.69) is 0 Å². The van der Waals surface area contributed by atoms with E-state index in [9.17, 15) is 15.0 Å². The number of ether oxygens (including phenoxy) is 1. The van der Waals surface area contributed by atoms with Crippen LogP contribution in [0.4, 0.5) is 0 Å². The molecule has 2 aromatic carbocycles. The Bertz CT molecular complexity index is 636. The van der Waals surface area contributed by atoms with Crippen molar-refractivity contribution in [2.24, 2.45) is 5.92 Å². The van der Waals surface area contributed by atoms with Crippen molar-refractivity contribution in [1.82, 2.24) is 0 Å². The minimum atomic E-state index is -0.924. The van der Waals surface area contributed by atoms with Crippen molar-refractivity contribution in [2.75, 3.05) is 6.61 Å². The van der Waals surface area contributed by atoms with Crippen molar-refractivity contribution in [1.29, 1.82) is 0 Å². The van der Waals surface area contributed by atoms with E-state index in [0.29, 0.717) is 16.9 Å². The van der Waals surface area contributed by atoms with Gasteiger partial charge in [0.25, 0.3) is 0 Å². The maximum Gasteiger partial charge on any atom is 0.172 e. The first-order chi connectivity index (χ1) is 9.66. The molecule has 1 aliphatic heterocycles. The highest BCUT2D eigenvalue weighted by Gasteiger charge is 2.35. The van der Waals surface area contributed by atoms with Crippen LogP contribution in [-0.4, -0.2) is 22.6 Å². The van der Waals surface area contributed by atoms with Crippen LogP contribution in [0.5, 0.6) is 11.5 Å². The summed E-state index contributed by atoms with van der Waals surface area (Å²) in [6, 6.07) is 13.4. The molecule has 1 heterocycles. The molecule has 0 saturated heterocycles. The minimum absolute atomic E-state index is 0.0729. The topological polar surface area (TPSA) is 66.8 Å². The summed E-state index contributed by atoms with van der Waals surface area (Å²) in [7, 11) is 0. The number of carbonyl (C=O) groups is 1. The summed E-state index contributed by atoms with van der Waals surface area (Å²) in [5.41, 5.74) is 1.09. The molecule has 0 saturated carbocycles. The third-order valence-electron chi connectivity index (χ3n) is 3.51. The van der Waals surface area contributed by atoms with Gasteiger partial charge in [0.15, 0.2) is 5.78 Å². The number of aromatic hydroxyl groups is 1. The quantitative estimate of drug-likeness (QED) is 0.822. The van der Waals surface area contributed by atoms with Crippen molar-refractivity contribution in [3.8, 4) is 11.5 Å². The Balaban J connectivity index is 1.91. The van der Waals surface area contributed by atoms with Crippen molar-refractivity contribution in [2.45, 2.75) is 6.10 Å². The van der Waals surface area contributed by atoms with Gasteiger partial charge >= 0.3 is 0 Å². The molecule has 20 heavy (non-hydrogen) atoms. The molecule has 0 radical (unpaired) electrons. The SMILES string of the molecule is O=C(c1ccccc1)C1COc2cc(O)ccc2C1O. The molecule has 0 bridgehead atoms. The number of phenols is 1. The van der Waals surface area contributed by atoms with Gasteiger partial charge in [-0.15, -0.1) is 0 Å². The summed E-state index contributed by atoms with van der Waals surface area (Å²) in [6.07, 6.45) is -0.924. The van der Waals surface area contributed by atoms with Gasteiger partial charge in [0.05, 0.1) is 12.0 Å². The summed E-state index contributed by atoms with van der Waals surface area (Å²) in [6.45, 7) is 0.103. The van der Waals surface area contributed by atoms with Gasteiger partial charge < -0.3 is 14.9 Å². The van der Waals surface area contributed by atoms with Crippen molar-refractivity contribution >= 4 is 5.78 Å². The summed E-state index contributed by atoms with van der Waals surface area (Å²) < 4.78 is 5.49. The number of aliphatic hydroxyl groups excluding tert-OH is 1. The van der Waals surface area contributed by atoms with E-state index in [1.807, 2.05) is 6.07 Å². The zero-order chi connectivity index (χ0) is 14.1. The summed E-state index contributed by atoms with van der Waals surface area (Å²) >= 11 is 0. The Morgan fingerprint density at radius 1 is 1.15 bits per heavy atom. The Hall–Kier alpha value is -2.33. The first kappa shape index (κ1) is 12.7. The summed E-state index contributed by atoms with van der Waals surface area (Å²) in [5, 5.41) is 19.8. The molecule has 0 fully saturated rings. The molecule has 1 aliphatic rings. The Morgan fingerprint density at radius 2 is 1.90 bits per heavy atom. The lowest BCUT2D eigenvalue weighted by molar-refractivity contribution is 0.0417. The second kappa shape index (κ2) is 4.98. The van der Waals surface area contributed by atoms with Crippen molar-refractivity contribution in [3.05, 3.63) is 59.7 Å². The van der Waals surface area contributed by atoms with Crippen LogP contribution in [-0.2, 0) is 0 Å². The number of hydrogen-bond donors (Lipinski definition) is 2. The zero-order valence-electron chi connectivity index (χ0n) is 10.7. The first-order valence-electron chi connectivity index (χ1n) is 6.40. The van der Waals surface area contributed by atoms with Gasteiger partial charge in [-0.3, -0.25) is 4.79 Å². The van der Waals surface area contributed by atoms with Gasteiger partial charge in [0, 0.05) is 17.2 Å². The lowest BCUT2D eigenvalue weighted by Gasteiger charge is -2.29. The number of fused-ring (bicyclic) bond motifs is 1. The monoisotopic (exact) mass is 270 g/mol. The molecular formula is C16H14O4. The molecule has 4 heteroatoms. The van der Waals surface area contributed by atoms with Gasteiger partial charge in [0.1, 0.15) is 18.1 Å². The third kappa shape index (κ3) is 2.14. The van der Waals surface area contributed by atoms with Gasteiger partial charge in [-0.05, 0) is 12.1 Å². The van der Waals surface area contributed by atoms with Crippen LogP contribution in [0.25, 0.3) is 0 Å². The van der Waals surface area contributed by atoms with Crippen LogP contribution < -0.4 is 4.74 Å². The molecule has 0 amide bonds. The van der Waals surface area contributed by atoms with E-state index in [1.165, 1.54) is 12.1 Å². The van der Waals surface area contributed by atoms with E-state index >= 15 is 0 Å². The lowest BCUT2D eigenvalue weighted by Crippen LogP contribution is -2.32. The van der Waals surface area contributed by atoms with Gasteiger partial charge in [-0.1, -0.05) is 30.3 Å². The average molecular weight is 270 g/mol. The standard InChI is InChI=1S/C16H14O4/c17-11-6-7-12-14(8-11)20-9-13(16(12)19)15(18)10-4-2-1-3-5-10/h1-8,13,16-17,19H,9H2. The molecule has 2 unspecified atom stereocenters. The van der Waals surface area contributed by atoms with E-state index in [4.69, 9.17) is 4.74 Å². The Kier molecular flexibility index (Phi) is 3.16. The maximum absolute atomic E-state index is 12.4. The minimum Gasteiger partial charge on any atom is -0.508 e. The number of carbonyl (C=O) groups excluding carboxylic acids is 1. The third-order valence-corrected chi connectivity index (χ3v) is 3.51. The molecule has 2 N–H and O–H groups in total. The number of benzene rings is 2. The molecule has 3 rings (SSSR count). The maximum atomic E-state index is 12.4. The largest absolute Gasteiger partial charge is 0.508 e. The van der Waals surface area contributed by atoms with E-state index in [1.54, 1.807) is 30.3 Å². The van der Waals surface area contributed by atoms with E-state index in [-0.39, 0.29) is 18.1 Å². The predicted octanol–water partition coefficient (Wildman–Crippen LogP) is 2.32. The average Bonchev–Trinajstić information content (AvgIpc) is 2.48. The summed E-state index contributed by atoms with van der Waals surface area (Å²) in [5.74, 6) is -0.273. The normalized spacial score (nSPS) is 20.9. The predicted molar refractivity (Wildman–Crippen MR) is 72.8 cm³/mol. The second-order valence-electron chi connectivity index (χ2n) is 4.81. The highest BCUT2D eigenvalue weighted by Crippen LogP contribution is 2.38. The van der Waals surface area contributed by atoms with Gasteiger partial charge in [-0.2, -0.15) is 0 Å². The number of rotatable bonds is 2. The lowest BCUT2D eigenvalue weighted by atomic mass is 9.87. The highest BCUT2D eigenvalue weighted by molar-refractivity contribution is 5.98. The molecule has 102 valence electrons. The van der Waals surface area contributed by atoms with Crippen LogP contribution in [0.1, 0.15) is 22.0 Å². The van der Waals surface area contributed by atoms with Crippen LogP contribution >= 0.6 is 0 Å². The molecule has 2 atom stereocenters.